The topological polar surface area (TPSA) is 35.8 Å². The van der Waals surface area contributed by atoms with Gasteiger partial charge in [0.1, 0.15) is 11.4 Å². The van der Waals surface area contributed by atoms with Crippen LogP contribution < -0.4 is 0 Å². The molecule has 1 aliphatic heterocycles. The minimum atomic E-state index is -0.997. The van der Waals surface area contributed by atoms with E-state index in [0.717, 1.165) is 43.9 Å². The fraction of sp³-hybridized carbons (Fsp3) is 0.381. The zero-order valence-electron chi connectivity index (χ0n) is 14.4. The molecule has 0 fully saturated rings. The SMILES string of the molecule is CCCCC(O)(C1=NCCN1Cc1ccccc1)c1ccccc1. The van der Waals surface area contributed by atoms with Crippen LogP contribution in [-0.4, -0.2) is 28.9 Å². The van der Waals surface area contributed by atoms with Crippen molar-refractivity contribution in [1.82, 2.24) is 4.90 Å². The van der Waals surface area contributed by atoms with Crippen LogP contribution in [0.25, 0.3) is 0 Å². The Kier molecular flexibility index (Phi) is 5.31. The first-order chi connectivity index (χ1) is 11.7. The molecule has 3 nitrogen and oxygen atoms in total. The number of aliphatic imine (C=N–C) groups is 1. The molecule has 3 heteroatoms. The van der Waals surface area contributed by atoms with E-state index in [4.69, 9.17) is 4.99 Å². The summed E-state index contributed by atoms with van der Waals surface area (Å²) < 4.78 is 0. The van der Waals surface area contributed by atoms with Gasteiger partial charge in [-0.2, -0.15) is 0 Å². The van der Waals surface area contributed by atoms with Gasteiger partial charge in [-0.05, 0) is 17.5 Å². The minimum absolute atomic E-state index is 0.706. The Hall–Kier alpha value is -2.13. The standard InChI is InChI=1S/C21H26N2O/c1-2-3-14-21(24,19-12-8-5-9-13-19)20-22-15-16-23(20)17-18-10-6-4-7-11-18/h4-13,24H,2-3,14-17H2,1H3. The van der Waals surface area contributed by atoms with Crippen molar-refractivity contribution in [3.8, 4) is 0 Å². The van der Waals surface area contributed by atoms with Gasteiger partial charge in [0.05, 0.1) is 6.54 Å². The van der Waals surface area contributed by atoms with E-state index in [0.29, 0.717) is 6.42 Å². The molecule has 0 bridgehead atoms. The summed E-state index contributed by atoms with van der Waals surface area (Å²) in [5, 5.41) is 11.6. The lowest BCUT2D eigenvalue weighted by molar-refractivity contribution is 0.0849. The molecule has 0 aliphatic carbocycles. The quantitative estimate of drug-likeness (QED) is 0.837. The molecule has 1 unspecified atom stereocenters. The third kappa shape index (κ3) is 3.51. The number of nitrogens with zero attached hydrogens (tertiary/aromatic N) is 2. The summed E-state index contributed by atoms with van der Waals surface area (Å²) in [5.74, 6) is 0.825. The number of rotatable bonds is 7. The minimum Gasteiger partial charge on any atom is -0.377 e. The highest BCUT2D eigenvalue weighted by Gasteiger charge is 2.39. The van der Waals surface area contributed by atoms with Gasteiger partial charge < -0.3 is 10.0 Å². The second kappa shape index (κ2) is 7.63. The van der Waals surface area contributed by atoms with Gasteiger partial charge in [-0.15, -0.1) is 0 Å². The average Bonchev–Trinajstić information content (AvgIpc) is 3.10. The van der Waals surface area contributed by atoms with Gasteiger partial charge in [-0.3, -0.25) is 4.99 Å². The van der Waals surface area contributed by atoms with Crippen LogP contribution in [0.15, 0.2) is 65.7 Å². The molecule has 1 N–H and O–H groups in total. The first-order valence-electron chi connectivity index (χ1n) is 8.86. The normalized spacial score (nSPS) is 16.8. The predicted octanol–water partition coefficient (Wildman–Crippen LogP) is 3.98. The highest BCUT2D eigenvalue weighted by atomic mass is 16.3. The van der Waals surface area contributed by atoms with Crippen molar-refractivity contribution < 1.29 is 5.11 Å². The maximum Gasteiger partial charge on any atom is 0.146 e. The summed E-state index contributed by atoms with van der Waals surface area (Å²) in [7, 11) is 0. The second-order valence-electron chi connectivity index (χ2n) is 6.44. The predicted molar refractivity (Wildman–Crippen MR) is 99.0 cm³/mol. The Bertz CT molecular complexity index is 669. The molecule has 0 aromatic heterocycles. The van der Waals surface area contributed by atoms with Crippen LogP contribution in [0.2, 0.25) is 0 Å². The highest BCUT2D eigenvalue weighted by Crippen LogP contribution is 2.32. The molecule has 3 rings (SSSR count). The molecule has 0 saturated heterocycles. The molecule has 1 atom stereocenters. The Balaban J connectivity index is 1.88. The fourth-order valence-corrected chi connectivity index (χ4v) is 3.36. The van der Waals surface area contributed by atoms with E-state index in [1.807, 2.05) is 36.4 Å². The molecule has 2 aromatic rings. The lowest BCUT2D eigenvalue weighted by Gasteiger charge is -2.34. The van der Waals surface area contributed by atoms with Crippen molar-refractivity contribution in [2.45, 2.75) is 38.3 Å². The summed E-state index contributed by atoms with van der Waals surface area (Å²) in [6.07, 6.45) is 2.74. The molecule has 0 spiro atoms. The molecule has 0 radical (unpaired) electrons. The fourth-order valence-electron chi connectivity index (χ4n) is 3.36. The van der Waals surface area contributed by atoms with Crippen LogP contribution in [0, 0.1) is 0 Å². The Morgan fingerprint density at radius 1 is 1.04 bits per heavy atom. The van der Waals surface area contributed by atoms with Crippen molar-refractivity contribution in [3.05, 3.63) is 71.8 Å². The van der Waals surface area contributed by atoms with E-state index in [2.05, 4.69) is 36.1 Å². The van der Waals surface area contributed by atoms with Crippen LogP contribution >= 0.6 is 0 Å². The van der Waals surface area contributed by atoms with Crippen LogP contribution in [-0.2, 0) is 12.1 Å². The second-order valence-corrected chi connectivity index (χ2v) is 6.44. The average molecular weight is 322 g/mol. The Labute approximate surface area is 144 Å². The number of unbranched alkanes of at least 4 members (excludes halogenated alkanes) is 1. The van der Waals surface area contributed by atoms with Gasteiger partial charge in [0.15, 0.2) is 0 Å². The zero-order chi connectivity index (χ0) is 16.8. The molecular formula is C21H26N2O. The van der Waals surface area contributed by atoms with Crippen molar-refractivity contribution in [2.75, 3.05) is 13.1 Å². The highest BCUT2D eigenvalue weighted by molar-refractivity contribution is 5.92. The number of aliphatic hydroxyl groups is 1. The summed E-state index contributed by atoms with van der Waals surface area (Å²) in [6, 6.07) is 20.4. The van der Waals surface area contributed by atoms with E-state index >= 15 is 0 Å². The summed E-state index contributed by atoms with van der Waals surface area (Å²) in [6.45, 7) is 4.57. The van der Waals surface area contributed by atoms with Gasteiger partial charge in [0.2, 0.25) is 0 Å². The number of hydrogen-bond acceptors (Lipinski definition) is 3. The van der Waals surface area contributed by atoms with Gasteiger partial charge in [-0.25, -0.2) is 0 Å². The van der Waals surface area contributed by atoms with Crippen molar-refractivity contribution in [1.29, 1.82) is 0 Å². The number of amidine groups is 1. The van der Waals surface area contributed by atoms with Gasteiger partial charge in [-0.1, -0.05) is 80.4 Å². The van der Waals surface area contributed by atoms with Gasteiger partial charge in [0, 0.05) is 13.1 Å². The molecule has 0 amide bonds. The zero-order valence-corrected chi connectivity index (χ0v) is 14.4. The van der Waals surface area contributed by atoms with Crippen molar-refractivity contribution in [2.24, 2.45) is 4.99 Å². The lowest BCUT2D eigenvalue weighted by atomic mass is 9.86. The molecular weight excluding hydrogens is 296 g/mol. The Morgan fingerprint density at radius 2 is 1.71 bits per heavy atom. The largest absolute Gasteiger partial charge is 0.377 e. The van der Waals surface area contributed by atoms with Crippen LogP contribution in [0.4, 0.5) is 0 Å². The Morgan fingerprint density at radius 3 is 2.38 bits per heavy atom. The third-order valence-electron chi connectivity index (χ3n) is 4.66. The summed E-state index contributed by atoms with van der Waals surface area (Å²) >= 11 is 0. The number of benzene rings is 2. The van der Waals surface area contributed by atoms with Crippen LogP contribution in [0.1, 0.15) is 37.3 Å². The van der Waals surface area contributed by atoms with Crippen LogP contribution in [0.5, 0.6) is 0 Å². The molecule has 1 aliphatic rings. The van der Waals surface area contributed by atoms with E-state index in [-0.39, 0.29) is 0 Å². The van der Waals surface area contributed by atoms with Crippen LogP contribution in [0.3, 0.4) is 0 Å². The molecule has 0 saturated carbocycles. The number of hydrogen-bond donors (Lipinski definition) is 1. The summed E-state index contributed by atoms with van der Waals surface area (Å²) in [4.78, 5) is 6.94. The maximum absolute atomic E-state index is 11.6. The maximum atomic E-state index is 11.6. The summed E-state index contributed by atoms with van der Waals surface area (Å²) in [5.41, 5.74) is 1.19. The molecule has 1 heterocycles. The van der Waals surface area contributed by atoms with Gasteiger partial charge in [0.25, 0.3) is 0 Å². The first kappa shape index (κ1) is 16.7. The smallest absolute Gasteiger partial charge is 0.146 e. The van der Waals surface area contributed by atoms with Gasteiger partial charge >= 0.3 is 0 Å². The van der Waals surface area contributed by atoms with E-state index in [1.54, 1.807) is 0 Å². The third-order valence-corrected chi connectivity index (χ3v) is 4.66. The molecule has 126 valence electrons. The monoisotopic (exact) mass is 322 g/mol. The van der Waals surface area contributed by atoms with E-state index < -0.39 is 5.60 Å². The molecule has 2 aromatic carbocycles. The lowest BCUT2D eigenvalue weighted by Crippen LogP contribution is -2.44. The van der Waals surface area contributed by atoms with E-state index in [9.17, 15) is 5.11 Å². The van der Waals surface area contributed by atoms with Crippen molar-refractivity contribution >= 4 is 5.84 Å². The molecule has 24 heavy (non-hydrogen) atoms. The first-order valence-corrected chi connectivity index (χ1v) is 8.86. The van der Waals surface area contributed by atoms with E-state index in [1.165, 1.54) is 5.56 Å². The van der Waals surface area contributed by atoms with Crippen molar-refractivity contribution in [3.63, 3.8) is 0 Å².